The molecule has 0 atom stereocenters. The quantitative estimate of drug-likeness (QED) is 0.775. The van der Waals surface area contributed by atoms with Crippen LogP contribution in [-0.4, -0.2) is 43.6 Å². The molecule has 1 rings (SSSR count). The van der Waals surface area contributed by atoms with E-state index in [1.165, 1.54) is 0 Å². The molecule has 0 saturated heterocycles. The van der Waals surface area contributed by atoms with Gasteiger partial charge in [-0.15, -0.1) is 0 Å². The van der Waals surface area contributed by atoms with E-state index in [0.29, 0.717) is 6.54 Å². The van der Waals surface area contributed by atoms with Gasteiger partial charge in [0.1, 0.15) is 5.82 Å². The zero-order chi connectivity index (χ0) is 12.7. The van der Waals surface area contributed by atoms with Gasteiger partial charge in [-0.25, -0.2) is 4.98 Å². The predicted octanol–water partition coefficient (Wildman–Crippen LogP) is 1.32. The maximum absolute atomic E-state index is 5.76. The third-order valence-corrected chi connectivity index (χ3v) is 2.70. The standard InChI is InChI=1S/C13H24N4/c1-4-8-17(10-9-16(2)3)13-12(11-14)6-5-7-15-13/h5-7H,4,8-11,14H2,1-3H3. The van der Waals surface area contributed by atoms with Crippen molar-refractivity contribution in [1.29, 1.82) is 0 Å². The van der Waals surface area contributed by atoms with Gasteiger partial charge in [0.2, 0.25) is 0 Å². The molecule has 0 fully saturated rings. The Hall–Kier alpha value is -1.13. The number of nitrogens with two attached hydrogens (primary N) is 1. The molecule has 1 aromatic heterocycles. The van der Waals surface area contributed by atoms with E-state index in [0.717, 1.165) is 37.4 Å². The van der Waals surface area contributed by atoms with Crippen LogP contribution in [0.1, 0.15) is 18.9 Å². The lowest BCUT2D eigenvalue weighted by molar-refractivity contribution is 0.412. The van der Waals surface area contributed by atoms with Crippen LogP contribution in [0, 0.1) is 0 Å². The molecule has 0 saturated carbocycles. The van der Waals surface area contributed by atoms with Crippen molar-refractivity contribution in [1.82, 2.24) is 9.88 Å². The topological polar surface area (TPSA) is 45.4 Å². The van der Waals surface area contributed by atoms with Crippen molar-refractivity contribution < 1.29 is 0 Å². The van der Waals surface area contributed by atoms with Crippen LogP contribution < -0.4 is 10.6 Å². The summed E-state index contributed by atoms with van der Waals surface area (Å²) in [4.78, 5) is 8.98. The molecule has 0 spiro atoms. The smallest absolute Gasteiger partial charge is 0.133 e. The molecule has 0 aromatic carbocycles. The first kappa shape index (κ1) is 13.9. The third kappa shape index (κ3) is 4.32. The highest BCUT2D eigenvalue weighted by Crippen LogP contribution is 2.16. The number of anilines is 1. The van der Waals surface area contributed by atoms with Gasteiger partial charge in [0.15, 0.2) is 0 Å². The minimum absolute atomic E-state index is 0.547. The number of pyridine rings is 1. The van der Waals surface area contributed by atoms with Gasteiger partial charge in [0.25, 0.3) is 0 Å². The van der Waals surface area contributed by atoms with Gasteiger partial charge < -0.3 is 15.5 Å². The summed E-state index contributed by atoms with van der Waals surface area (Å²) in [6, 6.07) is 4.00. The molecule has 2 N–H and O–H groups in total. The van der Waals surface area contributed by atoms with E-state index >= 15 is 0 Å². The molecule has 1 heterocycles. The molecule has 0 aliphatic rings. The van der Waals surface area contributed by atoms with Gasteiger partial charge in [-0.1, -0.05) is 13.0 Å². The monoisotopic (exact) mass is 236 g/mol. The Balaban J connectivity index is 2.80. The van der Waals surface area contributed by atoms with Crippen molar-refractivity contribution in [3.05, 3.63) is 23.9 Å². The summed E-state index contributed by atoms with van der Waals surface area (Å²) in [7, 11) is 4.18. The number of likely N-dealkylation sites (N-methyl/N-ethyl adjacent to an activating group) is 1. The van der Waals surface area contributed by atoms with Gasteiger partial charge in [-0.2, -0.15) is 0 Å². The van der Waals surface area contributed by atoms with Gasteiger partial charge in [0, 0.05) is 37.9 Å². The second kappa shape index (κ2) is 7.25. The lowest BCUT2D eigenvalue weighted by Gasteiger charge is -2.26. The van der Waals surface area contributed by atoms with Crippen molar-refractivity contribution in [3.8, 4) is 0 Å². The maximum Gasteiger partial charge on any atom is 0.133 e. The highest BCUT2D eigenvalue weighted by atomic mass is 15.2. The minimum Gasteiger partial charge on any atom is -0.355 e. The summed E-state index contributed by atoms with van der Waals surface area (Å²) in [6.07, 6.45) is 2.96. The Morgan fingerprint density at radius 2 is 2.00 bits per heavy atom. The zero-order valence-electron chi connectivity index (χ0n) is 11.2. The molecule has 0 radical (unpaired) electrons. The molecule has 4 nitrogen and oxygen atoms in total. The maximum atomic E-state index is 5.76. The van der Waals surface area contributed by atoms with Crippen molar-refractivity contribution in [2.45, 2.75) is 19.9 Å². The molecule has 1 aromatic rings. The van der Waals surface area contributed by atoms with Crippen LogP contribution in [0.3, 0.4) is 0 Å². The predicted molar refractivity (Wildman–Crippen MR) is 73.2 cm³/mol. The second-order valence-electron chi connectivity index (χ2n) is 4.48. The first-order chi connectivity index (χ1) is 8.19. The molecule has 17 heavy (non-hydrogen) atoms. The SMILES string of the molecule is CCCN(CCN(C)C)c1ncccc1CN. The van der Waals surface area contributed by atoms with E-state index in [1.54, 1.807) is 0 Å². The van der Waals surface area contributed by atoms with Crippen molar-refractivity contribution in [3.63, 3.8) is 0 Å². The molecule has 0 amide bonds. The van der Waals surface area contributed by atoms with Crippen molar-refractivity contribution in [2.24, 2.45) is 5.73 Å². The zero-order valence-corrected chi connectivity index (χ0v) is 11.2. The van der Waals surface area contributed by atoms with Crippen LogP contribution in [-0.2, 0) is 6.54 Å². The van der Waals surface area contributed by atoms with E-state index in [-0.39, 0.29) is 0 Å². The first-order valence-corrected chi connectivity index (χ1v) is 6.22. The second-order valence-corrected chi connectivity index (χ2v) is 4.48. The Bertz CT molecular complexity index is 325. The molecule has 96 valence electrons. The normalized spacial score (nSPS) is 10.9. The highest BCUT2D eigenvalue weighted by Gasteiger charge is 2.10. The Morgan fingerprint density at radius 1 is 1.24 bits per heavy atom. The molecule has 0 aliphatic heterocycles. The molecule has 0 bridgehead atoms. The molecular weight excluding hydrogens is 212 g/mol. The summed E-state index contributed by atoms with van der Waals surface area (Å²) in [5, 5.41) is 0. The summed E-state index contributed by atoms with van der Waals surface area (Å²) in [5.74, 6) is 1.04. The van der Waals surface area contributed by atoms with E-state index in [2.05, 4.69) is 41.9 Å². The Labute approximate surface area is 104 Å². The number of aromatic nitrogens is 1. The van der Waals surface area contributed by atoms with Crippen LogP contribution in [0.15, 0.2) is 18.3 Å². The van der Waals surface area contributed by atoms with E-state index < -0.39 is 0 Å². The number of rotatable bonds is 7. The summed E-state index contributed by atoms with van der Waals surface area (Å²) in [6.45, 7) is 5.78. The van der Waals surface area contributed by atoms with Gasteiger partial charge >= 0.3 is 0 Å². The average Bonchev–Trinajstić information content (AvgIpc) is 2.34. The largest absolute Gasteiger partial charge is 0.355 e. The van der Waals surface area contributed by atoms with E-state index in [4.69, 9.17) is 5.73 Å². The van der Waals surface area contributed by atoms with Crippen LogP contribution in [0.2, 0.25) is 0 Å². The number of hydrogen-bond donors (Lipinski definition) is 1. The lowest BCUT2D eigenvalue weighted by atomic mass is 10.2. The molecular formula is C13H24N4. The van der Waals surface area contributed by atoms with E-state index in [1.807, 2.05) is 12.3 Å². The molecule has 0 aliphatic carbocycles. The first-order valence-electron chi connectivity index (χ1n) is 6.22. The summed E-state index contributed by atoms with van der Waals surface area (Å²) < 4.78 is 0. The average molecular weight is 236 g/mol. The van der Waals surface area contributed by atoms with Crippen molar-refractivity contribution in [2.75, 3.05) is 38.6 Å². The van der Waals surface area contributed by atoms with E-state index in [9.17, 15) is 0 Å². The highest BCUT2D eigenvalue weighted by molar-refractivity contribution is 5.46. The number of nitrogens with zero attached hydrogens (tertiary/aromatic N) is 3. The Morgan fingerprint density at radius 3 is 2.59 bits per heavy atom. The van der Waals surface area contributed by atoms with Gasteiger partial charge in [-0.3, -0.25) is 0 Å². The Kier molecular flexibility index (Phi) is 5.94. The van der Waals surface area contributed by atoms with Crippen LogP contribution in [0.25, 0.3) is 0 Å². The lowest BCUT2D eigenvalue weighted by Crippen LogP contribution is -2.33. The minimum atomic E-state index is 0.547. The third-order valence-electron chi connectivity index (χ3n) is 2.70. The van der Waals surface area contributed by atoms with Crippen LogP contribution in [0.5, 0.6) is 0 Å². The summed E-state index contributed by atoms with van der Waals surface area (Å²) in [5.41, 5.74) is 6.89. The van der Waals surface area contributed by atoms with Crippen LogP contribution >= 0.6 is 0 Å². The van der Waals surface area contributed by atoms with Gasteiger partial charge in [0.05, 0.1) is 0 Å². The fraction of sp³-hybridized carbons (Fsp3) is 0.615. The molecule has 4 heteroatoms. The van der Waals surface area contributed by atoms with Crippen LogP contribution in [0.4, 0.5) is 5.82 Å². The summed E-state index contributed by atoms with van der Waals surface area (Å²) >= 11 is 0. The van der Waals surface area contributed by atoms with Crippen molar-refractivity contribution >= 4 is 5.82 Å². The van der Waals surface area contributed by atoms with Gasteiger partial charge in [-0.05, 0) is 26.6 Å². The fourth-order valence-corrected chi connectivity index (χ4v) is 1.79. The fourth-order valence-electron chi connectivity index (χ4n) is 1.79. The number of hydrogen-bond acceptors (Lipinski definition) is 4. The molecule has 0 unspecified atom stereocenters.